The minimum Gasteiger partial charge on any atom is -0.497 e. The largest absolute Gasteiger partial charge is 0.497 e. The average Bonchev–Trinajstić information content (AvgIpc) is 1.05. The van der Waals surface area contributed by atoms with E-state index in [2.05, 4.69) is 0 Å². The molecular weight excluding hydrogens is 1600 g/mol. The zero-order valence-corrected chi connectivity index (χ0v) is 62.1. The lowest BCUT2D eigenvalue weighted by Gasteiger charge is -2.33. The Bertz CT molecular complexity index is 4860. The highest BCUT2D eigenvalue weighted by atomic mass is 19.4. The lowest BCUT2D eigenvalue weighted by molar-refractivity contribution is -0.376. The van der Waals surface area contributed by atoms with Crippen molar-refractivity contribution in [1.82, 2.24) is 0 Å². The molecule has 9 aromatic carbocycles. The summed E-state index contributed by atoms with van der Waals surface area (Å²) in [5.41, 5.74) is -17.9. The molecule has 34 heteroatoms. The van der Waals surface area contributed by atoms with E-state index in [4.69, 9.17) is 18.9 Å². The number of anilines is 3. The number of alkyl halides is 18. The molecule has 3 aliphatic heterocycles. The van der Waals surface area contributed by atoms with Crippen LogP contribution >= 0.6 is 0 Å². The van der Waals surface area contributed by atoms with E-state index in [0.717, 1.165) is 44.9 Å². The number of nitrogens with zero attached hydrogens (tertiary/aromatic N) is 3. The van der Waals surface area contributed by atoms with Gasteiger partial charge in [-0.3, -0.25) is 14.4 Å². The maximum Gasteiger partial charge on any atom is 0.430 e. The predicted octanol–water partition coefficient (Wildman–Crippen LogP) is 16.9. The van der Waals surface area contributed by atoms with Crippen molar-refractivity contribution in [3.8, 4) is 23.0 Å². The fourth-order valence-electron chi connectivity index (χ4n) is 13.7. The van der Waals surface area contributed by atoms with Gasteiger partial charge in [0.05, 0.1) is 26.7 Å². The third-order valence-corrected chi connectivity index (χ3v) is 20.1. The van der Waals surface area contributed by atoms with Gasteiger partial charge in [-0.25, -0.2) is 0 Å². The van der Waals surface area contributed by atoms with Crippen molar-refractivity contribution in [1.29, 1.82) is 0 Å². The van der Waals surface area contributed by atoms with Crippen LogP contribution in [-0.4, -0.2) is 130 Å². The Morgan fingerprint density at radius 1 is 0.347 bits per heavy atom. The van der Waals surface area contributed by atoms with Crippen LogP contribution in [0, 0.1) is 0 Å². The number of halogens is 18. The van der Waals surface area contributed by atoms with Crippen molar-refractivity contribution in [2.24, 2.45) is 0 Å². The molecule has 12 rings (SSSR count). The summed E-state index contributed by atoms with van der Waals surface area (Å²) in [5.74, 6) is -0.782. The third kappa shape index (κ3) is 19.3. The van der Waals surface area contributed by atoms with Gasteiger partial charge in [-0.1, -0.05) is 171 Å². The molecule has 630 valence electrons. The van der Waals surface area contributed by atoms with E-state index in [1.165, 1.54) is 43.5 Å². The molecule has 16 nitrogen and oxygen atoms in total. The van der Waals surface area contributed by atoms with Crippen molar-refractivity contribution >= 4 is 34.8 Å². The zero-order valence-electron chi connectivity index (χ0n) is 62.1. The van der Waals surface area contributed by atoms with Gasteiger partial charge < -0.3 is 64.3 Å². The number of carbonyl (C=O) groups is 3. The molecule has 3 aliphatic rings. The van der Waals surface area contributed by atoms with Gasteiger partial charge in [-0.15, -0.1) is 0 Å². The molecular formula is C84H75F18N3O13. The number of ether oxygens (including phenoxy) is 4. The van der Waals surface area contributed by atoms with Crippen molar-refractivity contribution in [3.05, 3.63) is 280 Å². The number of hydrogen-bond donors (Lipinski definition) is 6. The van der Waals surface area contributed by atoms with Gasteiger partial charge in [-0.2, -0.15) is 79.0 Å². The summed E-state index contributed by atoms with van der Waals surface area (Å²) >= 11 is 0. The smallest absolute Gasteiger partial charge is 0.430 e. The Morgan fingerprint density at radius 3 is 0.890 bits per heavy atom. The summed E-state index contributed by atoms with van der Waals surface area (Å²) in [6.45, 7) is 1.54. The SMILES string of the molecule is CCc1ccc(O[C@H]2CCc3cc(C(O)(C(F)(F)F)C(F)(F)F)ccc3N(C(=O)[C@@H](O)c3ccccc3)C2)cc1.COc1cccc(O[C@H]2CCc3cc(C(O)(C(F)(F)F)C(F)(F)F)ccc3N(C(=O)[C@@H](O)c3ccccc3)C2)c1.O=C([C@@H](O)c1ccccc1)N1C[C@@H](Oc2ccccc2)CCc2cc(C(O)(C(F)(F)F)C(F)(F)F)ccc21. The van der Waals surface area contributed by atoms with E-state index in [1.807, 2.05) is 19.1 Å². The highest BCUT2D eigenvalue weighted by molar-refractivity contribution is 6.00. The number of fused-ring (bicyclic) bond motifs is 3. The van der Waals surface area contributed by atoms with Gasteiger partial charge >= 0.3 is 37.1 Å². The molecule has 3 amide bonds. The maximum absolute atomic E-state index is 13.6. The summed E-state index contributed by atoms with van der Waals surface area (Å²) in [4.78, 5) is 43.7. The molecule has 0 radical (unpaired) electrons. The van der Waals surface area contributed by atoms with Crippen LogP contribution in [-0.2, 0) is 56.9 Å². The minimum absolute atomic E-state index is 0.00725. The second kappa shape index (κ2) is 35.7. The number of rotatable bonds is 17. The Balaban J connectivity index is 0.000000186. The molecule has 0 saturated heterocycles. The number of carbonyl (C=O) groups excluding carboxylic acids is 3. The highest BCUT2D eigenvalue weighted by Gasteiger charge is 2.74. The number of aliphatic hydroxyl groups is 6. The second-order valence-electron chi connectivity index (χ2n) is 27.8. The van der Waals surface area contributed by atoms with Gasteiger partial charge in [0.25, 0.3) is 34.5 Å². The fraction of sp³-hybridized carbons (Fsp3) is 0.321. The Morgan fingerprint density at radius 2 is 0.610 bits per heavy atom. The summed E-state index contributed by atoms with van der Waals surface area (Å²) in [6.07, 6.45) is -42.6. The molecule has 0 saturated carbocycles. The number of aryl methyl sites for hydroxylation is 4. The summed E-state index contributed by atoms with van der Waals surface area (Å²) in [6, 6.07) is 51.9. The normalized spacial score (nSPS) is 17.2. The quantitative estimate of drug-likeness (QED) is 0.0468. The first-order valence-corrected chi connectivity index (χ1v) is 36.2. The Kier molecular flexibility index (Phi) is 27.1. The average molecular weight is 1680 g/mol. The number of para-hydroxylation sites is 1. The zero-order chi connectivity index (χ0) is 86.3. The molecule has 0 bridgehead atoms. The lowest BCUT2D eigenvalue weighted by atomic mass is 9.89. The molecule has 0 fully saturated rings. The van der Waals surface area contributed by atoms with Gasteiger partial charge in [0.2, 0.25) is 0 Å². The van der Waals surface area contributed by atoms with E-state index >= 15 is 0 Å². The summed E-state index contributed by atoms with van der Waals surface area (Å²) in [5, 5.41) is 62.2. The Labute approximate surface area is 662 Å². The van der Waals surface area contributed by atoms with Gasteiger partial charge in [0.15, 0.2) is 18.3 Å². The van der Waals surface area contributed by atoms with Crippen LogP contribution in [0.5, 0.6) is 23.0 Å². The topological polar surface area (TPSA) is 219 Å². The van der Waals surface area contributed by atoms with Gasteiger partial charge in [0, 0.05) is 39.8 Å². The standard InChI is InChI=1S/C29H27F6NO4.C28H25F6NO5.C27H23F6NO4/c1-2-18-8-12-22(13-9-18)40-23-14-10-20-16-21(27(39,28(30,31)32)29(33,34)35)11-15-24(20)36(17-23)26(38)25(37)19-6-4-3-5-7-19;1-39-20-8-5-9-21(15-20)40-22-12-10-18-14-19(26(38,27(29,30)31)28(32,33)34)11-13-23(18)35(16-22)25(37)24(36)17-6-3-2-4-7-17;28-26(29,30)25(37,27(31,32)33)19-12-14-22-18(15-19)11-13-21(38-20-9-5-2-6-10-20)16-34(22)24(36)23(35)17-7-3-1-4-8-17/h3-9,11-13,15-16,23,25,37,39H,2,10,14,17H2,1H3;2-9,11,13-15,22,24,36,38H,10,12,16H2,1H3;1-10,12,14-15,21,23,35,37H,11,13,16H2/t23-,25-;22-,24-;21-,23-/m000/s1. The summed E-state index contributed by atoms with van der Waals surface area (Å²) in [7, 11) is 1.45. The molecule has 6 atom stereocenters. The third-order valence-electron chi connectivity index (χ3n) is 20.1. The van der Waals surface area contributed by atoms with Gasteiger partial charge in [-0.05, 0) is 138 Å². The molecule has 0 aliphatic carbocycles. The first kappa shape index (κ1) is 89.4. The van der Waals surface area contributed by atoms with Crippen molar-refractivity contribution in [3.63, 3.8) is 0 Å². The molecule has 9 aromatic rings. The lowest BCUT2D eigenvalue weighted by Crippen LogP contribution is -2.54. The molecule has 3 heterocycles. The van der Waals surface area contributed by atoms with E-state index in [1.54, 1.807) is 121 Å². The number of amides is 3. The van der Waals surface area contributed by atoms with Crippen LogP contribution in [0.4, 0.5) is 96.1 Å². The van der Waals surface area contributed by atoms with Crippen molar-refractivity contribution in [2.45, 2.75) is 142 Å². The molecule has 0 spiro atoms. The van der Waals surface area contributed by atoms with Crippen LogP contribution in [0.2, 0.25) is 0 Å². The molecule has 0 aromatic heterocycles. The van der Waals surface area contributed by atoms with E-state index < -0.39 is 125 Å². The first-order valence-electron chi connectivity index (χ1n) is 36.2. The number of aliphatic hydroxyl groups excluding tert-OH is 3. The van der Waals surface area contributed by atoms with Crippen LogP contribution in [0.1, 0.15) is 100 Å². The minimum atomic E-state index is -6.07. The predicted molar refractivity (Wildman–Crippen MR) is 392 cm³/mol. The fourth-order valence-corrected chi connectivity index (χ4v) is 13.7. The number of hydrogen-bond acceptors (Lipinski definition) is 13. The first-order chi connectivity index (χ1) is 55.3. The van der Waals surface area contributed by atoms with Crippen LogP contribution < -0.4 is 33.6 Å². The second-order valence-corrected chi connectivity index (χ2v) is 27.8. The van der Waals surface area contributed by atoms with E-state index in [0.29, 0.717) is 59.4 Å². The molecule has 6 N–H and O–H groups in total. The van der Waals surface area contributed by atoms with Crippen LogP contribution in [0.3, 0.4) is 0 Å². The number of methoxy groups -OCH3 is 1. The van der Waals surface area contributed by atoms with E-state index in [-0.39, 0.29) is 109 Å². The van der Waals surface area contributed by atoms with Gasteiger partial charge in [0.1, 0.15) is 41.3 Å². The van der Waals surface area contributed by atoms with Crippen LogP contribution in [0.25, 0.3) is 0 Å². The molecule has 0 unspecified atom stereocenters. The van der Waals surface area contributed by atoms with Crippen molar-refractivity contribution in [2.75, 3.05) is 41.4 Å². The monoisotopic (exact) mass is 1680 g/mol. The summed E-state index contributed by atoms with van der Waals surface area (Å²) < 4.78 is 267. The van der Waals surface area contributed by atoms with E-state index in [9.17, 15) is 124 Å². The van der Waals surface area contributed by atoms with Crippen molar-refractivity contribution < 1.29 is 143 Å². The highest BCUT2D eigenvalue weighted by Crippen LogP contribution is 2.55. The number of benzene rings is 9. The maximum atomic E-state index is 13.6. The Hall–Kier alpha value is -10.9. The van der Waals surface area contributed by atoms with Crippen LogP contribution in [0.15, 0.2) is 224 Å². The molecule has 118 heavy (non-hydrogen) atoms.